The van der Waals surface area contributed by atoms with Gasteiger partial charge in [-0.1, -0.05) is 23.8 Å². The number of benzene rings is 2. The number of amides is 1. The highest BCUT2D eigenvalue weighted by Crippen LogP contribution is 2.28. The van der Waals surface area contributed by atoms with Crippen LogP contribution in [0.15, 0.2) is 52.7 Å². The van der Waals surface area contributed by atoms with E-state index in [1.165, 1.54) is 36.1 Å². The van der Waals surface area contributed by atoms with Crippen LogP contribution in [0.3, 0.4) is 0 Å². The van der Waals surface area contributed by atoms with E-state index >= 15 is 0 Å². The fourth-order valence-corrected chi connectivity index (χ4v) is 4.83. The molecule has 0 aliphatic rings. The van der Waals surface area contributed by atoms with Gasteiger partial charge in [-0.25, -0.2) is 13.4 Å². The summed E-state index contributed by atoms with van der Waals surface area (Å²) in [6.07, 6.45) is -0.146. The first kappa shape index (κ1) is 21.0. The first-order valence-corrected chi connectivity index (χ1v) is 11.5. The van der Waals surface area contributed by atoms with Crippen LogP contribution in [0, 0.1) is 13.8 Å². The van der Waals surface area contributed by atoms with Gasteiger partial charge in [-0.2, -0.15) is 0 Å². The smallest absolute Gasteiger partial charge is 0.227 e. The summed E-state index contributed by atoms with van der Waals surface area (Å²) >= 11 is 1.31. The molecule has 3 rings (SSSR count). The van der Waals surface area contributed by atoms with Crippen LogP contribution in [0.5, 0.6) is 5.75 Å². The van der Waals surface area contributed by atoms with Crippen molar-refractivity contribution in [3.05, 3.63) is 59.0 Å². The number of aromatic nitrogens is 1. The number of nitrogens with one attached hydrogen (secondary N) is 1. The fraction of sp³-hybridized carbons (Fsp3) is 0.238. The second-order valence-corrected chi connectivity index (χ2v) is 9.62. The lowest BCUT2D eigenvalue weighted by Gasteiger charge is -2.06. The molecule has 1 N–H and O–H groups in total. The Hall–Kier alpha value is -2.71. The number of methoxy groups -OCH3 is 1. The second kappa shape index (κ2) is 8.75. The van der Waals surface area contributed by atoms with Crippen LogP contribution in [-0.2, 0) is 14.6 Å². The molecule has 0 radical (unpaired) electrons. The van der Waals surface area contributed by atoms with E-state index in [2.05, 4.69) is 16.4 Å². The predicted molar refractivity (Wildman–Crippen MR) is 115 cm³/mol. The van der Waals surface area contributed by atoms with Crippen LogP contribution in [0.1, 0.15) is 17.5 Å². The Morgan fingerprint density at radius 1 is 1.14 bits per heavy atom. The normalized spacial score (nSPS) is 11.3. The third-order valence-electron chi connectivity index (χ3n) is 4.42. The number of rotatable bonds is 7. The number of nitrogens with zero attached hydrogens (tertiary/aromatic N) is 1. The molecular weight excluding hydrogens is 408 g/mol. The highest BCUT2D eigenvalue weighted by molar-refractivity contribution is 7.91. The van der Waals surface area contributed by atoms with E-state index < -0.39 is 9.84 Å². The van der Waals surface area contributed by atoms with Gasteiger partial charge in [0, 0.05) is 17.4 Å². The van der Waals surface area contributed by atoms with Gasteiger partial charge in [0.25, 0.3) is 0 Å². The van der Waals surface area contributed by atoms with Gasteiger partial charge in [-0.3, -0.25) is 4.79 Å². The molecule has 0 saturated carbocycles. The van der Waals surface area contributed by atoms with E-state index in [-0.39, 0.29) is 23.0 Å². The molecule has 0 unspecified atom stereocenters. The van der Waals surface area contributed by atoms with Crippen molar-refractivity contribution in [1.82, 2.24) is 4.98 Å². The molecule has 8 heteroatoms. The summed E-state index contributed by atoms with van der Waals surface area (Å²) in [6.45, 7) is 4.05. The number of sulfone groups is 1. The molecule has 2 aromatic carbocycles. The maximum atomic E-state index is 12.4. The number of anilines is 1. The molecule has 152 valence electrons. The van der Waals surface area contributed by atoms with E-state index in [1.807, 2.05) is 31.4 Å². The summed E-state index contributed by atoms with van der Waals surface area (Å²) in [4.78, 5) is 16.8. The lowest BCUT2D eigenvalue weighted by Crippen LogP contribution is -2.17. The zero-order valence-corrected chi connectivity index (χ0v) is 18.1. The summed E-state index contributed by atoms with van der Waals surface area (Å²) in [7, 11) is -2.04. The number of carbonyl (C=O) groups is 1. The molecule has 0 aliphatic heterocycles. The summed E-state index contributed by atoms with van der Waals surface area (Å²) < 4.78 is 29.8. The summed E-state index contributed by atoms with van der Waals surface area (Å²) in [5.74, 6) is -0.0887. The molecule has 29 heavy (non-hydrogen) atoms. The zero-order chi connectivity index (χ0) is 21.0. The predicted octanol–water partition coefficient (Wildman–Crippen LogP) is 4.24. The minimum atomic E-state index is -3.55. The molecule has 1 heterocycles. The van der Waals surface area contributed by atoms with E-state index in [0.717, 1.165) is 16.8 Å². The SMILES string of the molecule is COc1ccc(S(=O)(=O)CCC(=O)Nc2nc(-c3ccc(C)cc3C)cs2)cc1. The van der Waals surface area contributed by atoms with Gasteiger partial charge in [-0.05, 0) is 43.7 Å². The Morgan fingerprint density at radius 2 is 1.86 bits per heavy atom. The monoisotopic (exact) mass is 430 g/mol. The Balaban J connectivity index is 1.61. The van der Waals surface area contributed by atoms with Crippen molar-refractivity contribution in [3.63, 3.8) is 0 Å². The van der Waals surface area contributed by atoms with Crippen molar-refractivity contribution < 1.29 is 17.9 Å². The van der Waals surface area contributed by atoms with E-state index in [1.54, 1.807) is 12.1 Å². The van der Waals surface area contributed by atoms with Crippen LogP contribution in [-0.4, -0.2) is 32.2 Å². The molecule has 0 atom stereocenters. The third kappa shape index (κ3) is 5.21. The van der Waals surface area contributed by atoms with Gasteiger partial charge in [-0.15, -0.1) is 11.3 Å². The number of hydrogen-bond acceptors (Lipinski definition) is 6. The standard InChI is InChI=1S/C21H22N2O4S2/c1-14-4-9-18(15(2)12-14)19-13-28-21(22-19)23-20(24)10-11-29(25,26)17-7-5-16(27-3)6-8-17/h4-9,12-13H,10-11H2,1-3H3,(H,22,23,24). The highest BCUT2D eigenvalue weighted by atomic mass is 32.2. The van der Waals surface area contributed by atoms with Crippen molar-refractivity contribution in [2.45, 2.75) is 25.2 Å². The van der Waals surface area contributed by atoms with Gasteiger partial charge in [0.2, 0.25) is 5.91 Å². The third-order valence-corrected chi connectivity index (χ3v) is 6.91. The summed E-state index contributed by atoms with van der Waals surface area (Å²) in [5.41, 5.74) is 4.08. The van der Waals surface area contributed by atoms with Crippen molar-refractivity contribution in [3.8, 4) is 17.0 Å². The van der Waals surface area contributed by atoms with Gasteiger partial charge in [0.1, 0.15) is 5.75 Å². The number of hydrogen-bond donors (Lipinski definition) is 1. The molecule has 0 saturated heterocycles. The molecule has 1 amide bonds. The van der Waals surface area contributed by atoms with Crippen LogP contribution in [0.25, 0.3) is 11.3 Å². The largest absolute Gasteiger partial charge is 0.497 e. The van der Waals surface area contributed by atoms with E-state index in [0.29, 0.717) is 10.9 Å². The van der Waals surface area contributed by atoms with Crippen LogP contribution < -0.4 is 10.1 Å². The van der Waals surface area contributed by atoms with Crippen LogP contribution in [0.4, 0.5) is 5.13 Å². The van der Waals surface area contributed by atoms with Gasteiger partial charge in [0.05, 0.1) is 23.5 Å². The molecule has 0 fully saturated rings. The Kier molecular flexibility index (Phi) is 6.34. The van der Waals surface area contributed by atoms with E-state index in [4.69, 9.17) is 4.74 Å². The molecule has 0 spiro atoms. The fourth-order valence-electron chi connectivity index (χ4n) is 2.87. The highest BCUT2D eigenvalue weighted by Gasteiger charge is 2.17. The number of ether oxygens (including phenoxy) is 1. The van der Waals surface area contributed by atoms with Gasteiger partial charge in [0.15, 0.2) is 15.0 Å². The zero-order valence-electron chi connectivity index (χ0n) is 16.4. The summed E-state index contributed by atoms with van der Waals surface area (Å²) in [5, 5.41) is 5.02. The molecule has 0 bridgehead atoms. The van der Waals surface area contributed by atoms with Crippen molar-refractivity contribution in [2.24, 2.45) is 0 Å². The number of aryl methyl sites for hydroxylation is 2. The Bertz CT molecular complexity index is 1120. The van der Waals surface area contributed by atoms with Gasteiger partial charge < -0.3 is 10.1 Å². The lowest BCUT2D eigenvalue weighted by atomic mass is 10.0. The van der Waals surface area contributed by atoms with Crippen molar-refractivity contribution in [1.29, 1.82) is 0 Å². The quantitative estimate of drug-likeness (QED) is 0.606. The molecule has 3 aromatic rings. The molecule has 0 aliphatic carbocycles. The van der Waals surface area contributed by atoms with E-state index in [9.17, 15) is 13.2 Å². The van der Waals surface area contributed by atoms with Crippen molar-refractivity contribution in [2.75, 3.05) is 18.2 Å². The lowest BCUT2D eigenvalue weighted by molar-refractivity contribution is -0.115. The van der Waals surface area contributed by atoms with Crippen LogP contribution >= 0.6 is 11.3 Å². The maximum Gasteiger partial charge on any atom is 0.227 e. The van der Waals surface area contributed by atoms with Gasteiger partial charge >= 0.3 is 0 Å². The second-order valence-electron chi connectivity index (χ2n) is 6.65. The molecule has 1 aromatic heterocycles. The van der Waals surface area contributed by atoms with Crippen LogP contribution in [0.2, 0.25) is 0 Å². The minimum absolute atomic E-state index is 0.146. The molecular formula is C21H22N2O4S2. The first-order chi connectivity index (χ1) is 13.8. The van der Waals surface area contributed by atoms with Crippen molar-refractivity contribution >= 4 is 32.2 Å². The topological polar surface area (TPSA) is 85.4 Å². The number of carbonyl (C=O) groups excluding carboxylic acids is 1. The average molecular weight is 431 g/mol. The first-order valence-electron chi connectivity index (χ1n) is 8.98. The average Bonchev–Trinajstić information content (AvgIpc) is 3.14. The minimum Gasteiger partial charge on any atom is -0.497 e. The maximum absolute atomic E-state index is 12.4. The number of thiazole rings is 1. The summed E-state index contributed by atoms with van der Waals surface area (Å²) in [6, 6.07) is 12.2. The Labute approximate surface area is 174 Å². The molecule has 6 nitrogen and oxygen atoms in total. The Morgan fingerprint density at radius 3 is 2.52 bits per heavy atom.